The Kier molecular flexibility index (Phi) is 6.59. The first-order valence-electron chi connectivity index (χ1n) is 10.8. The third-order valence-electron chi connectivity index (χ3n) is 5.27. The van der Waals surface area contributed by atoms with Crippen molar-refractivity contribution in [3.05, 3.63) is 89.2 Å². The Morgan fingerprint density at radius 2 is 1.69 bits per heavy atom. The van der Waals surface area contributed by atoms with Crippen molar-refractivity contribution in [2.24, 2.45) is 0 Å². The van der Waals surface area contributed by atoms with Gasteiger partial charge in [-0.1, -0.05) is 6.07 Å². The molecule has 0 fully saturated rings. The number of carbonyl (C=O) groups is 4. The van der Waals surface area contributed by atoms with Crippen LogP contribution in [0.2, 0.25) is 0 Å². The molecular weight excluding hydrogens is 455 g/mol. The third-order valence-corrected chi connectivity index (χ3v) is 5.27. The van der Waals surface area contributed by atoms with E-state index in [1.807, 2.05) is 6.92 Å². The van der Waals surface area contributed by atoms with Gasteiger partial charge in [-0.25, -0.2) is 14.1 Å². The molecule has 35 heavy (non-hydrogen) atoms. The number of amides is 3. The minimum Gasteiger partial charge on any atom is -0.494 e. The maximum absolute atomic E-state index is 13.3. The van der Waals surface area contributed by atoms with Crippen LogP contribution >= 0.6 is 0 Å². The standard InChI is InChI=1S/C26H21FN2O6/c1-3-34-20-10-8-19(9-11-20)29-24(31)21-12-7-16(13-22(21)25(29)32)26(33)35-15(2)23(30)28-18-6-4-5-17(27)14-18/h4-15H,3H2,1-2H3,(H,28,30). The SMILES string of the molecule is CCOc1ccc(N2C(=O)c3ccc(C(=O)OC(C)C(=O)Nc4cccc(F)c4)cc3C2=O)cc1. The van der Waals surface area contributed by atoms with Gasteiger partial charge in [0.25, 0.3) is 17.7 Å². The molecule has 4 rings (SSSR count). The fourth-order valence-electron chi connectivity index (χ4n) is 3.55. The van der Waals surface area contributed by atoms with Gasteiger partial charge in [0.2, 0.25) is 0 Å². The van der Waals surface area contributed by atoms with Crippen LogP contribution in [-0.2, 0) is 9.53 Å². The van der Waals surface area contributed by atoms with Gasteiger partial charge >= 0.3 is 5.97 Å². The molecule has 0 bridgehead atoms. The quantitative estimate of drug-likeness (QED) is 0.405. The van der Waals surface area contributed by atoms with Crippen molar-refractivity contribution in [3.8, 4) is 5.75 Å². The number of nitrogens with one attached hydrogen (secondary N) is 1. The summed E-state index contributed by atoms with van der Waals surface area (Å²) in [6, 6.07) is 15.8. The number of ether oxygens (including phenoxy) is 2. The number of esters is 1. The van der Waals surface area contributed by atoms with Crippen LogP contribution in [0.25, 0.3) is 0 Å². The zero-order valence-corrected chi connectivity index (χ0v) is 18.9. The van der Waals surface area contributed by atoms with Crippen LogP contribution in [0, 0.1) is 5.82 Å². The van der Waals surface area contributed by atoms with Gasteiger partial charge < -0.3 is 14.8 Å². The van der Waals surface area contributed by atoms with E-state index in [0.717, 1.165) is 11.0 Å². The number of nitrogens with zero attached hydrogens (tertiary/aromatic N) is 1. The number of carbonyl (C=O) groups excluding carboxylic acids is 4. The zero-order chi connectivity index (χ0) is 25.1. The van der Waals surface area contributed by atoms with Crippen LogP contribution < -0.4 is 15.0 Å². The summed E-state index contributed by atoms with van der Waals surface area (Å²) in [6.45, 7) is 3.69. The lowest BCUT2D eigenvalue weighted by Gasteiger charge is -2.14. The van der Waals surface area contributed by atoms with E-state index in [9.17, 15) is 23.6 Å². The van der Waals surface area contributed by atoms with Gasteiger partial charge in [-0.3, -0.25) is 14.4 Å². The molecule has 1 atom stereocenters. The summed E-state index contributed by atoms with van der Waals surface area (Å²) in [5, 5.41) is 2.46. The molecule has 8 nitrogen and oxygen atoms in total. The van der Waals surface area contributed by atoms with E-state index in [0.29, 0.717) is 18.0 Å². The summed E-state index contributed by atoms with van der Waals surface area (Å²) in [5.74, 6) is -2.53. The van der Waals surface area contributed by atoms with Crippen LogP contribution in [0.15, 0.2) is 66.7 Å². The highest BCUT2D eigenvalue weighted by molar-refractivity contribution is 6.34. The molecule has 1 unspecified atom stereocenters. The summed E-state index contributed by atoms with van der Waals surface area (Å²) in [6.07, 6.45) is -1.20. The van der Waals surface area contributed by atoms with Crippen LogP contribution in [0.1, 0.15) is 44.9 Å². The normalized spacial score (nSPS) is 13.3. The summed E-state index contributed by atoms with van der Waals surface area (Å²) in [5.41, 5.74) is 0.789. The Labute approximate surface area is 200 Å². The molecule has 0 saturated carbocycles. The molecule has 3 aromatic rings. The second-order valence-corrected chi connectivity index (χ2v) is 7.68. The van der Waals surface area contributed by atoms with E-state index < -0.39 is 35.6 Å². The fraction of sp³-hybridized carbons (Fsp3) is 0.154. The number of imide groups is 1. The maximum Gasteiger partial charge on any atom is 0.338 e. The molecule has 3 aromatic carbocycles. The molecule has 9 heteroatoms. The lowest BCUT2D eigenvalue weighted by atomic mass is 10.1. The molecule has 1 N–H and O–H groups in total. The van der Waals surface area contributed by atoms with Gasteiger partial charge in [0.15, 0.2) is 6.10 Å². The van der Waals surface area contributed by atoms with Crippen molar-refractivity contribution in [2.45, 2.75) is 20.0 Å². The fourth-order valence-corrected chi connectivity index (χ4v) is 3.55. The molecule has 1 aliphatic rings. The number of halogens is 1. The highest BCUT2D eigenvalue weighted by Crippen LogP contribution is 2.30. The van der Waals surface area contributed by atoms with Crippen molar-refractivity contribution < 1.29 is 33.0 Å². The van der Waals surface area contributed by atoms with Crippen LogP contribution in [-0.4, -0.2) is 36.4 Å². The predicted octanol–water partition coefficient (Wildman–Crippen LogP) is 4.21. The lowest BCUT2D eigenvalue weighted by Crippen LogP contribution is -2.30. The number of benzene rings is 3. The van der Waals surface area contributed by atoms with E-state index >= 15 is 0 Å². The summed E-state index contributed by atoms with van der Waals surface area (Å²) >= 11 is 0. The minimum absolute atomic E-state index is 0.00356. The van der Waals surface area contributed by atoms with Crippen molar-refractivity contribution in [2.75, 3.05) is 16.8 Å². The number of rotatable bonds is 7. The molecule has 1 heterocycles. The van der Waals surface area contributed by atoms with Crippen molar-refractivity contribution >= 4 is 35.1 Å². The molecule has 0 aromatic heterocycles. The molecule has 0 spiro atoms. The summed E-state index contributed by atoms with van der Waals surface area (Å²) in [7, 11) is 0. The zero-order valence-electron chi connectivity index (χ0n) is 18.9. The van der Waals surface area contributed by atoms with Gasteiger partial charge in [0.1, 0.15) is 11.6 Å². The first kappa shape index (κ1) is 23.6. The van der Waals surface area contributed by atoms with Crippen molar-refractivity contribution in [3.63, 3.8) is 0 Å². The average molecular weight is 476 g/mol. The average Bonchev–Trinajstić information content (AvgIpc) is 3.09. The molecule has 0 radical (unpaired) electrons. The van der Waals surface area contributed by atoms with E-state index in [1.54, 1.807) is 24.3 Å². The van der Waals surface area contributed by atoms with Crippen molar-refractivity contribution in [1.82, 2.24) is 0 Å². The van der Waals surface area contributed by atoms with Gasteiger partial charge in [0, 0.05) is 5.69 Å². The predicted molar refractivity (Wildman–Crippen MR) is 125 cm³/mol. The third kappa shape index (κ3) is 4.89. The Morgan fingerprint density at radius 1 is 0.971 bits per heavy atom. The summed E-state index contributed by atoms with van der Waals surface area (Å²) in [4.78, 5) is 51.8. The second kappa shape index (κ2) is 9.76. The first-order valence-corrected chi connectivity index (χ1v) is 10.8. The van der Waals surface area contributed by atoms with Crippen LogP contribution in [0.4, 0.5) is 15.8 Å². The van der Waals surface area contributed by atoms with Gasteiger partial charge in [0.05, 0.1) is 29.0 Å². The van der Waals surface area contributed by atoms with E-state index in [1.165, 1.54) is 43.3 Å². The molecule has 3 amide bonds. The van der Waals surface area contributed by atoms with Crippen molar-refractivity contribution in [1.29, 1.82) is 0 Å². The molecular formula is C26H21FN2O6. The maximum atomic E-state index is 13.3. The van der Waals surface area contributed by atoms with Gasteiger partial charge in [-0.15, -0.1) is 0 Å². The number of anilines is 2. The Bertz CT molecular complexity index is 1320. The Hall–Kier alpha value is -4.53. The smallest absolute Gasteiger partial charge is 0.338 e. The van der Waals surface area contributed by atoms with E-state index in [4.69, 9.17) is 9.47 Å². The largest absolute Gasteiger partial charge is 0.494 e. The minimum atomic E-state index is -1.20. The van der Waals surface area contributed by atoms with Gasteiger partial charge in [-0.05, 0) is 74.5 Å². The highest BCUT2D eigenvalue weighted by Gasteiger charge is 2.37. The number of hydrogen-bond donors (Lipinski definition) is 1. The summed E-state index contributed by atoms with van der Waals surface area (Å²) < 4.78 is 23.9. The Morgan fingerprint density at radius 3 is 2.37 bits per heavy atom. The monoisotopic (exact) mass is 476 g/mol. The van der Waals surface area contributed by atoms with E-state index in [-0.39, 0.29) is 22.4 Å². The van der Waals surface area contributed by atoms with E-state index in [2.05, 4.69) is 5.32 Å². The Balaban J connectivity index is 1.47. The molecule has 0 saturated heterocycles. The molecule has 0 aliphatic carbocycles. The topological polar surface area (TPSA) is 102 Å². The number of hydrogen-bond acceptors (Lipinski definition) is 6. The van der Waals surface area contributed by atoms with Gasteiger partial charge in [-0.2, -0.15) is 0 Å². The molecule has 1 aliphatic heterocycles. The second-order valence-electron chi connectivity index (χ2n) is 7.68. The van der Waals surface area contributed by atoms with Crippen LogP contribution in [0.5, 0.6) is 5.75 Å². The van der Waals surface area contributed by atoms with Crippen LogP contribution in [0.3, 0.4) is 0 Å². The highest BCUT2D eigenvalue weighted by atomic mass is 19.1. The lowest BCUT2D eigenvalue weighted by molar-refractivity contribution is -0.123. The first-order chi connectivity index (χ1) is 16.8. The number of fused-ring (bicyclic) bond motifs is 1. The molecule has 178 valence electrons.